The Bertz CT molecular complexity index is 1390. The summed E-state index contributed by atoms with van der Waals surface area (Å²) in [5.74, 6) is -0.802. The van der Waals surface area contributed by atoms with Crippen LogP contribution in [0.3, 0.4) is 0 Å². The van der Waals surface area contributed by atoms with Gasteiger partial charge in [0.1, 0.15) is 12.4 Å². The highest BCUT2D eigenvalue weighted by molar-refractivity contribution is 8.18. The smallest absolute Gasteiger partial charge is 0.338 e. The molecule has 4 rings (SSSR count). The molecule has 6 nitrogen and oxygen atoms in total. The largest absolute Gasteiger partial charge is 0.486 e. The van der Waals surface area contributed by atoms with Crippen LogP contribution in [0.25, 0.3) is 6.08 Å². The Morgan fingerprint density at radius 1 is 1.11 bits per heavy atom. The number of esters is 1. The third kappa shape index (κ3) is 6.33. The van der Waals surface area contributed by atoms with E-state index >= 15 is 0 Å². The topological polar surface area (TPSA) is 68.2 Å². The van der Waals surface area contributed by atoms with E-state index < -0.39 is 5.97 Å². The van der Waals surface area contributed by atoms with Gasteiger partial charge in [0.2, 0.25) is 0 Å². The highest BCUT2D eigenvalue weighted by atomic mass is 35.5. The molecule has 3 aromatic carbocycles. The Morgan fingerprint density at radius 2 is 1.78 bits per heavy atom. The zero-order chi connectivity index (χ0) is 26.5. The number of carbonyl (C=O) groups is 2. The fourth-order valence-electron chi connectivity index (χ4n) is 3.37. The number of thioether (sulfide) groups is 1. The molecule has 1 fully saturated rings. The second-order valence-electron chi connectivity index (χ2n) is 7.83. The summed E-state index contributed by atoms with van der Waals surface area (Å²) in [5.41, 5.74) is 1.97. The number of hydrogen-bond acceptors (Lipinski definition) is 6. The Morgan fingerprint density at radius 3 is 2.43 bits per heavy atom. The highest BCUT2D eigenvalue weighted by Gasteiger charge is 2.30. The maximum atomic E-state index is 13.9. The van der Waals surface area contributed by atoms with Gasteiger partial charge in [-0.1, -0.05) is 41.4 Å². The van der Waals surface area contributed by atoms with Gasteiger partial charge in [-0.2, -0.15) is 0 Å². The molecule has 0 atom stereocenters. The molecule has 3 aromatic rings. The second-order valence-corrected chi connectivity index (χ2v) is 9.65. The number of hydrogen-bond donors (Lipinski definition) is 0. The summed E-state index contributed by atoms with van der Waals surface area (Å²) < 4.78 is 24.5. The van der Waals surface area contributed by atoms with Crippen LogP contribution in [0, 0.1) is 5.82 Å². The van der Waals surface area contributed by atoms with Gasteiger partial charge in [0, 0.05) is 12.6 Å². The van der Waals surface area contributed by atoms with Gasteiger partial charge in [-0.3, -0.25) is 9.69 Å². The van der Waals surface area contributed by atoms with Crippen molar-refractivity contribution in [2.45, 2.75) is 13.5 Å². The lowest BCUT2D eigenvalue weighted by molar-refractivity contribution is -0.121. The van der Waals surface area contributed by atoms with Gasteiger partial charge < -0.3 is 9.47 Å². The van der Waals surface area contributed by atoms with Gasteiger partial charge in [-0.15, -0.1) is 0 Å². The molecule has 1 heterocycles. The van der Waals surface area contributed by atoms with Crippen molar-refractivity contribution >= 4 is 63.8 Å². The van der Waals surface area contributed by atoms with Crippen LogP contribution in [0.4, 0.5) is 10.1 Å². The van der Waals surface area contributed by atoms with Crippen LogP contribution in [0.2, 0.25) is 10.0 Å². The quantitative estimate of drug-likeness (QED) is 0.228. The van der Waals surface area contributed by atoms with E-state index in [-0.39, 0.29) is 34.1 Å². The van der Waals surface area contributed by atoms with Gasteiger partial charge in [0.25, 0.3) is 5.91 Å². The van der Waals surface area contributed by atoms with Gasteiger partial charge in [0.05, 0.1) is 32.8 Å². The van der Waals surface area contributed by atoms with Crippen molar-refractivity contribution in [3.05, 3.63) is 98.1 Å². The monoisotopic (exact) mass is 558 g/mol. The van der Waals surface area contributed by atoms with Crippen LogP contribution in [0.1, 0.15) is 28.4 Å². The normalized spacial score (nSPS) is 15.5. The van der Waals surface area contributed by atoms with Crippen LogP contribution in [-0.4, -0.2) is 35.6 Å². The molecule has 1 aliphatic rings. The lowest BCUT2D eigenvalue weighted by Gasteiger charge is -2.11. The molecule has 0 saturated carbocycles. The fraction of sp³-hybridized carbons (Fsp3) is 0.148. The van der Waals surface area contributed by atoms with E-state index in [1.54, 1.807) is 74.6 Å². The zero-order valence-electron chi connectivity index (χ0n) is 19.8. The van der Waals surface area contributed by atoms with E-state index in [1.165, 1.54) is 22.7 Å². The molecule has 0 aromatic heterocycles. The van der Waals surface area contributed by atoms with Crippen LogP contribution in [0.15, 0.2) is 70.6 Å². The predicted octanol–water partition coefficient (Wildman–Crippen LogP) is 7.12. The summed E-state index contributed by atoms with van der Waals surface area (Å²) >= 11 is 14.0. The first-order valence-electron chi connectivity index (χ1n) is 11.2. The first kappa shape index (κ1) is 26.7. The summed E-state index contributed by atoms with van der Waals surface area (Å²) in [4.78, 5) is 31.0. The number of rotatable bonds is 7. The minimum absolute atomic E-state index is 0.0354. The van der Waals surface area contributed by atoms with Gasteiger partial charge in [-0.25, -0.2) is 14.2 Å². The van der Waals surface area contributed by atoms with E-state index in [0.717, 1.165) is 0 Å². The molecule has 0 aliphatic carbocycles. The Labute approximate surface area is 227 Å². The standard InChI is InChI=1S/C27H21Cl2FN2O4S/c1-3-35-26(34)17-8-10-19(11-9-17)31-27-32(2)25(33)23(37-27)14-16-12-20(28)24(21(29)13-16)36-15-18-6-4-5-7-22(18)30/h4-14H,3,15H2,1-2H3. The maximum Gasteiger partial charge on any atom is 0.338 e. The Kier molecular flexibility index (Phi) is 8.53. The molecular weight excluding hydrogens is 538 g/mol. The number of amidine groups is 1. The van der Waals surface area contributed by atoms with Crippen molar-refractivity contribution in [2.24, 2.45) is 4.99 Å². The number of nitrogens with zero attached hydrogens (tertiary/aromatic N) is 2. The lowest BCUT2D eigenvalue weighted by atomic mass is 10.2. The number of halogens is 3. The molecule has 0 N–H and O–H groups in total. The number of likely N-dealkylation sites (N-methyl/N-ethyl adjacent to an activating group) is 1. The van der Waals surface area contributed by atoms with Crippen molar-refractivity contribution < 1.29 is 23.5 Å². The SMILES string of the molecule is CCOC(=O)c1ccc(N=C2SC(=Cc3cc(Cl)c(OCc4ccccc4F)c(Cl)c3)C(=O)N2C)cc1. The van der Waals surface area contributed by atoms with Crippen molar-refractivity contribution in [1.82, 2.24) is 4.90 Å². The molecule has 1 saturated heterocycles. The summed E-state index contributed by atoms with van der Waals surface area (Å²) in [6.07, 6.45) is 1.66. The van der Waals surface area contributed by atoms with E-state index in [9.17, 15) is 14.0 Å². The van der Waals surface area contributed by atoms with E-state index in [2.05, 4.69) is 4.99 Å². The van der Waals surface area contributed by atoms with Gasteiger partial charge >= 0.3 is 5.97 Å². The van der Waals surface area contributed by atoms with E-state index in [1.807, 2.05) is 0 Å². The molecule has 1 amide bonds. The maximum absolute atomic E-state index is 13.9. The third-order valence-corrected chi connectivity index (χ3v) is 6.88. The van der Waals surface area contributed by atoms with E-state index in [4.69, 9.17) is 32.7 Å². The minimum atomic E-state index is -0.407. The number of amides is 1. The Hall–Kier alpha value is -3.33. The van der Waals surface area contributed by atoms with Crippen molar-refractivity contribution in [3.63, 3.8) is 0 Å². The van der Waals surface area contributed by atoms with Crippen molar-refractivity contribution in [1.29, 1.82) is 0 Å². The van der Waals surface area contributed by atoms with Crippen molar-refractivity contribution in [2.75, 3.05) is 13.7 Å². The van der Waals surface area contributed by atoms with Gasteiger partial charge in [-0.05, 0) is 72.8 Å². The molecule has 0 radical (unpaired) electrons. The average Bonchev–Trinajstić information content (AvgIpc) is 3.12. The number of ether oxygens (including phenoxy) is 2. The molecule has 190 valence electrons. The molecule has 0 unspecified atom stereocenters. The fourth-order valence-corrected chi connectivity index (χ4v) is 4.97. The van der Waals surface area contributed by atoms with Crippen LogP contribution in [-0.2, 0) is 16.1 Å². The highest BCUT2D eigenvalue weighted by Crippen LogP contribution is 2.38. The third-order valence-electron chi connectivity index (χ3n) is 5.25. The first-order chi connectivity index (χ1) is 17.8. The first-order valence-corrected chi connectivity index (χ1v) is 12.7. The number of carbonyl (C=O) groups excluding carboxylic acids is 2. The number of aliphatic imine (C=N–C) groups is 1. The summed E-state index contributed by atoms with van der Waals surface area (Å²) in [5, 5.41) is 0.937. The van der Waals surface area contributed by atoms with Crippen molar-refractivity contribution in [3.8, 4) is 5.75 Å². The number of benzene rings is 3. The van der Waals surface area contributed by atoms with E-state index in [0.29, 0.717) is 39.1 Å². The Balaban J connectivity index is 1.50. The summed E-state index contributed by atoms with van der Waals surface area (Å²) in [6, 6.07) is 16.1. The van der Waals surface area contributed by atoms with Crippen LogP contribution in [0.5, 0.6) is 5.75 Å². The molecule has 0 bridgehead atoms. The summed E-state index contributed by atoms with van der Waals surface area (Å²) in [7, 11) is 1.63. The van der Waals surface area contributed by atoms with Crippen LogP contribution >= 0.6 is 35.0 Å². The molecular formula is C27H21Cl2FN2O4S. The summed E-state index contributed by atoms with van der Waals surface area (Å²) in [6.45, 7) is 2.00. The van der Waals surface area contributed by atoms with Crippen LogP contribution < -0.4 is 4.74 Å². The average molecular weight is 559 g/mol. The molecule has 37 heavy (non-hydrogen) atoms. The molecule has 10 heteroatoms. The molecule has 0 spiro atoms. The van der Waals surface area contributed by atoms with Gasteiger partial charge in [0.15, 0.2) is 10.9 Å². The second kappa shape index (κ2) is 11.8. The predicted molar refractivity (Wildman–Crippen MR) is 145 cm³/mol. The minimum Gasteiger partial charge on any atom is -0.486 e. The molecule has 1 aliphatic heterocycles. The lowest BCUT2D eigenvalue weighted by Crippen LogP contribution is -2.23. The zero-order valence-corrected chi connectivity index (χ0v) is 22.2.